The Balaban J connectivity index is 0.00000113. The number of Topliss-reactive ketones (excluding diaryl/α,β-unsaturated/α-hetero) is 1. The van der Waals surface area contributed by atoms with Gasteiger partial charge in [-0.15, -0.1) is 0 Å². The van der Waals surface area contributed by atoms with Crippen LogP contribution in [0.3, 0.4) is 0 Å². The number of nitrogens with zero attached hydrogens (tertiary/aromatic N) is 1. The number of allylic oxidation sites excluding steroid dienone is 7. The van der Waals surface area contributed by atoms with Crippen LogP contribution in [0.4, 0.5) is 4.39 Å². The smallest absolute Gasteiger partial charge is 0.169 e. The minimum absolute atomic E-state index is 0.00385. The van der Waals surface area contributed by atoms with Crippen LogP contribution >= 0.6 is 0 Å². The van der Waals surface area contributed by atoms with E-state index in [-0.39, 0.29) is 30.0 Å². The molecule has 2 heterocycles. The van der Waals surface area contributed by atoms with Crippen LogP contribution in [-0.4, -0.2) is 36.3 Å². The summed E-state index contributed by atoms with van der Waals surface area (Å²) in [7, 11) is 1.71. The molecule has 0 fully saturated rings. The lowest BCUT2D eigenvalue weighted by atomic mass is 9.81. The standard InChI is InChI=1S/C32H41FN2O2.C4H10O/c1-8-20(5)22(7)28(14-13-27(21(6)9-2)29-18-34-35-30(29)11-4)26(10-3)32(36)24-16-23-17-25(33)12-15-31(23)37-19-24;1-3-4-5-2/h10,12-15,17-18,20-21,24H,7-9,11,16,19H2,1-6H3,(H,34,35);3-4H2,1-2H3/b26-10+,27-13+,28-14+;. The summed E-state index contributed by atoms with van der Waals surface area (Å²) in [6.07, 6.45) is 12.3. The van der Waals surface area contributed by atoms with Crippen LogP contribution in [-0.2, 0) is 22.4 Å². The van der Waals surface area contributed by atoms with Gasteiger partial charge < -0.3 is 9.47 Å². The van der Waals surface area contributed by atoms with Crippen molar-refractivity contribution in [1.82, 2.24) is 10.2 Å². The quantitative estimate of drug-likeness (QED) is 0.190. The van der Waals surface area contributed by atoms with Crippen molar-refractivity contribution in [3.63, 3.8) is 0 Å². The summed E-state index contributed by atoms with van der Waals surface area (Å²) in [5.74, 6) is 0.490. The van der Waals surface area contributed by atoms with Gasteiger partial charge in [0.1, 0.15) is 11.6 Å². The zero-order valence-electron chi connectivity index (χ0n) is 27.0. The van der Waals surface area contributed by atoms with Crippen molar-refractivity contribution in [2.75, 3.05) is 20.3 Å². The van der Waals surface area contributed by atoms with Gasteiger partial charge in [-0.3, -0.25) is 9.89 Å². The van der Waals surface area contributed by atoms with Crippen LogP contribution in [0.2, 0.25) is 0 Å². The van der Waals surface area contributed by atoms with Gasteiger partial charge in [-0.2, -0.15) is 5.10 Å². The van der Waals surface area contributed by atoms with Crippen molar-refractivity contribution in [3.8, 4) is 5.75 Å². The molecule has 0 spiro atoms. The maximum atomic E-state index is 13.9. The second-order valence-electron chi connectivity index (χ2n) is 11.0. The number of carbonyl (C=O) groups excluding carboxylic acids is 1. The highest BCUT2D eigenvalue weighted by atomic mass is 19.1. The number of ketones is 1. The first-order chi connectivity index (χ1) is 20.2. The van der Waals surface area contributed by atoms with Crippen LogP contribution in [0.1, 0.15) is 84.5 Å². The Hall–Kier alpha value is -3.25. The van der Waals surface area contributed by atoms with E-state index in [1.54, 1.807) is 13.2 Å². The summed E-state index contributed by atoms with van der Waals surface area (Å²) >= 11 is 0. The average Bonchev–Trinajstić information content (AvgIpc) is 3.48. The largest absolute Gasteiger partial charge is 0.493 e. The van der Waals surface area contributed by atoms with Gasteiger partial charge in [-0.05, 0) is 91.3 Å². The number of hydrogen-bond donors (Lipinski definition) is 1. The van der Waals surface area contributed by atoms with Gasteiger partial charge in [-0.25, -0.2) is 4.39 Å². The Morgan fingerprint density at radius 1 is 1.17 bits per heavy atom. The van der Waals surface area contributed by atoms with E-state index in [1.165, 1.54) is 17.7 Å². The number of ether oxygens (including phenoxy) is 2. The lowest BCUT2D eigenvalue weighted by Crippen LogP contribution is -2.30. The van der Waals surface area contributed by atoms with Gasteiger partial charge in [0.15, 0.2) is 5.78 Å². The number of carbonyl (C=O) groups is 1. The number of H-pyrrole nitrogens is 1. The lowest BCUT2D eigenvalue weighted by Gasteiger charge is -2.27. The number of halogens is 1. The van der Waals surface area contributed by atoms with Gasteiger partial charge in [0.2, 0.25) is 0 Å². The lowest BCUT2D eigenvalue weighted by molar-refractivity contribution is -0.120. The summed E-state index contributed by atoms with van der Waals surface area (Å²) in [6.45, 7) is 20.3. The molecule has 1 aliphatic heterocycles. The number of aromatic nitrogens is 2. The molecule has 6 heteroatoms. The Labute approximate surface area is 253 Å². The molecule has 230 valence electrons. The predicted molar refractivity (Wildman–Crippen MR) is 172 cm³/mol. The molecule has 0 bridgehead atoms. The highest BCUT2D eigenvalue weighted by molar-refractivity contribution is 6.02. The second-order valence-corrected chi connectivity index (χ2v) is 11.0. The molecule has 2 aromatic rings. The van der Waals surface area contributed by atoms with Gasteiger partial charge >= 0.3 is 0 Å². The zero-order chi connectivity index (χ0) is 31.2. The Kier molecular flexibility index (Phi) is 14.7. The fourth-order valence-electron chi connectivity index (χ4n) is 5.01. The molecule has 42 heavy (non-hydrogen) atoms. The van der Waals surface area contributed by atoms with Gasteiger partial charge in [0.25, 0.3) is 0 Å². The molecule has 1 aromatic carbocycles. The summed E-state index contributed by atoms with van der Waals surface area (Å²) < 4.78 is 24.4. The first kappa shape index (κ1) is 34.9. The van der Waals surface area contributed by atoms with E-state index < -0.39 is 0 Å². The minimum atomic E-state index is -0.382. The number of nitrogens with one attached hydrogen (secondary N) is 1. The second kappa shape index (κ2) is 17.6. The molecule has 0 saturated carbocycles. The predicted octanol–water partition coefficient (Wildman–Crippen LogP) is 8.88. The molecule has 1 N–H and O–H groups in total. The van der Waals surface area contributed by atoms with Crippen LogP contribution < -0.4 is 4.74 Å². The van der Waals surface area contributed by atoms with Crippen molar-refractivity contribution < 1.29 is 18.7 Å². The topological polar surface area (TPSA) is 64.2 Å². The molecular weight excluding hydrogens is 527 g/mol. The third-order valence-corrected chi connectivity index (χ3v) is 8.06. The first-order valence-electron chi connectivity index (χ1n) is 15.4. The maximum absolute atomic E-state index is 13.9. The molecule has 0 saturated heterocycles. The summed E-state index contributed by atoms with van der Waals surface area (Å²) in [6, 6.07) is 4.50. The highest BCUT2D eigenvalue weighted by Gasteiger charge is 2.30. The van der Waals surface area contributed by atoms with Crippen LogP contribution in [0.15, 0.2) is 65.9 Å². The van der Waals surface area contributed by atoms with E-state index in [1.807, 2.05) is 19.2 Å². The number of fused-ring (bicyclic) bond motifs is 1. The van der Waals surface area contributed by atoms with E-state index in [4.69, 9.17) is 9.47 Å². The van der Waals surface area contributed by atoms with Crippen LogP contribution in [0.25, 0.3) is 5.57 Å². The van der Waals surface area contributed by atoms with E-state index >= 15 is 0 Å². The molecule has 1 aromatic heterocycles. The average molecular weight is 579 g/mol. The van der Waals surface area contributed by atoms with Gasteiger partial charge in [0.05, 0.1) is 18.7 Å². The normalized spacial score (nSPS) is 17.0. The Morgan fingerprint density at radius 3 is 2.45 bits per heavy atom. The van der Waals surface area contributed by atoms with E-state index in [0.717, 1.165) is 60.3 Å². The molecule has 0 radical (unpaired) electrons. The number of hydrogen-bond acceptors (Lipinski definition) is 4. The Morgan fingerprint density at radius 2 is 1.88 bits per heavy atom. The highest BCUT2D eigenvalue weighted by Crippen LogP contribution is 2.35. The van der Waals surface area contributed by atoms with E-state index in [9.17, 15) is 9.18 Å². The van der Waals surface area contributed by atoms with Gasteiger partial charge in [-0.1, -0.05) is 66.3 Å². The molecular formula is C36H51FN2O3. The number of rotatable bonds is 13. The summed E-state index contributed by atoms with van der Waals surface area (Å²) in [5.41, 5.74) is 6.59. The number of aryl methyl sites for hydroxylation is 1. The van der Waals surface area contributed by atoms with E-state index in [2.05, 4.69) is 70.5 Å². The van der Waals surface area contributed by atoms with E-state index in [0.29, 0.717) is 23.7 Å². The van der Waals surface area contributed by atoms with Crippen molar-refractivity contribution in [2.24, 2.45) is 17.8 Å². The molecule has 0 amide bonds. The fourth-order valence-corrected chi connectivity index (χ4v) is 5.01. The molecule has 3 unspecified atom stereocenters. The molecule has 5 nitrogen and oxygen atoms in total. The van der Waals surface area contributed by atoms with Crippen molar-refractivity contribution in [3.05, 3.63) is 88.6 Å². The fraction of sp³-hybridized carbons (Fsp3) is 0.500. The van der Waals surface area contributed by atoms with Gasteiger partial charge in [0, 0.05) is 30.5 Å². The maximum Gasteiger partial charge on any atom is 0.169 e. The molecule has 0 aliphatic carbocycles. The van der Waals surface area contributed by atoms with Crippen molar-refractivity contribution in [2.45, 2.75) is 80.6 Å². The number of benzene rings is 1. The van der Waals surface area contributed by atoms with Crippen molar-refractivity contribution in [1.29, 1.82) is 0 Å². The van der Waals surface area contributed by atoms with Crippen LogP contribution in [0.5, 0.6) is 5.75 Å². The number of methoxy groups -OCH3 is 1. The molecule has 1 aliphatic rings. The SMILES string of the molecule is C=C(C(=C\C=C(\c1cn[nH]c1CC)C(C)CC)/C(=C\C)C(=O)C1COc2ccc(F)cc2C1)C(C)CC.CCCOC. The molecule has 3 rings (SSSR count). The van der Waals surface area contributed by atoms with Crippen molar-refractivity contribution >= 4 is 11.4 Å². The Bertz CT molecular complexity index is 1270. The summed E-state index contributed by atoms with van der Waals surface area (Å²) in [5, 5.41) is 7.41. The number of aromatic amines is 1. The summed E-state index contributed by atoms with van der Waals surface area (Å²) in [4.78, 5) is 13.9. The minimum Gasteiger partial charge on any atom is -0.493 e. The zero-order valence-corrected chi connectivity index (χ0v) is 27.0. The molecule has 3 atom stereocenters. The van der Waals surface area contributed by atoms with Crippen LogP contribution in [0, 0.1) is 23.6 Å². The first-order valence-corrected chi connectivity index (χ1v) is 15.4. The third-order valence-electron chi connectivity index (χ3n) is 8.06. The third kappa shape index (κ3) is 9.12. The monoisotopic (exact) mass is 578 g/mol.